The van der Waals surface area contributed by atoms with Crippen LogP contribution in [0.4, 0.5) is 5.69 Å². The summed E-state index contributed by atoms with van der Waals surface area (Å²) in [6.45, 7) is 3.93. The molecule has 0 aromatic heterocycles. The highest BCUT2D eigenvalue weighted by molar-refractivity contribution is 5.95. The van der Waals surface area contributed by atoms with E-state index in [0.29, 0.717) is 18.0 Å². The van der Waals surface area contributed by atoms with Crippen LogP contribution in [-0.4, -0.2) is 19.1 Å². The van der Waals surface area contributed by atoms with Gasteiger partial charge in [-0.15, -0.1) is 12.4 Å². The minimum atomic E-state index is -0.562. The number of para-hydroxylation sites is 1. The topological polar surface area (TPSA) is 73.6 Å². The van der Waals surface area contributed by atoms with Crippen LogP contribution in [0.3, 0.4) is 0 Å². The molecule has 0 saturated carbocycles. The first-order valence-electron chi connectivity index (χ1n) is 7.43. The quantitative estimate of drug-likeness (QED) is 0.838. The lowest BCUT2D eigenvalue weighted by Crippen LogP contribution is -2.32. The van der Waals surface area contributed by atoms with Crippen LogP contribution in [0, 0.1) is 6.92 Å². The molecule has 0 heterocycles. The summed E-state index contributed by atoms with van der Waals surface area (Å²) in [7, 11) is 1.63. The van der Waals surface area contributed by atoms with Crippen LogP contribution in [-0.2, 0) is 11.4 Å². The molecule has 24 heavy (non-hydrogen) atoms. The Kier molecular flexibility index (Phi) is 7.55. The van der Waals surface area contributed by atoms with E-state index in [9.17, 15) is 4.79 Å². The number of hydrogen-bond acceptors (Lipinski definition) is 4. The Morgan fingerprint density at radius 1 is 1.17 bits per heavy atom. The Bertz CT molecular complexity index is 690. The zero-order chi connectivity index (χ0) is 16.8. The Morgan fingerprint density at radius 3 is 2.50 bits per heavy atom. The molecule has 2 rings (SSSR count). The first kappa shape index (κ1) is 19.8. The molecule has 130 valence electrons. The van der Waals surface area contributed by atoms with Gasteiger partial charge in [-0.1, -0.05) is 24.3 Å². The number of amides is 1. The van der Waals surface area contributed by atoms with E-state index < -0.39 is 6.04 Å². The van der Waals surface area contributed by atoms with Crippen molar-refractivity contribution in [1.29, 1.82) is 0 Å². The molecule has 3 N–H and O–H groups in total. The highest BCUT2D eigenvalue weighted by Gasteiger charge is 2.12. The summed E-state index contributed by atoms with van der Waals surface area (Å²) in [5.41, 5.74) is 8.10. The summed E-state index contributed by atoms with van der Waals surface area (Å²) in [5, 5.41) is 2.80. The van der Waals surface area contributed by atoms with E-state index in [-0.39, 0.29) is 18.3 Å². The van der Waals surface area contributed by atoms with Gasteiger partial charge in [-0.3, -0.25) is 4.79 Å². The van der Waals surface area contributed by atoms with Crippen molar-refractivity contribution in [2.75, 3.05) is 12.4 Å². The van der Waals surface area contributed by atoms with Gasteiger partial charge in [0.25, 0.3) is 0 Å². The number of hydrogen-bond donors (Lipinski definition) is 2. The molecule has 5 nitrogen and oxygen atoms in total. The molecule has 6 heteroatoms. The molecule has 0 aliphatic carbocycles. The number of benzene rings is 2. The number of rotatable bonds is 6. The third-order valence-corrected chi connectivity index (χ3v) is 3.53. The zero-order valence-corrected chi connectivity index (χ0v) is 14.9. The van der Waals surface area contributed by atoms with E-state index in [0.717, 1.165) is 16.9 Å². The number of methoxy groups -OCH3 is 1. The highest BCUT2D eigenvalue weighted by atomic mass is 35.5. The lowest BCUT2D eigenvalue weighted by Gasteiger charge is -2.15. The van der Waals surface area contributed by atoms with Gasteiger partial charge < -0.3 is 20.5 Å². The van der Waals surface area contributed by atoms with Crippen molar-refractivity contribution >= 4 is 24.0 Å². The maximum Gasteiger partial charge on any atom is 0.241 e. The second-order valence-corrected chi connectivity index (χ2v) is 5.31. The molecule has 0 radical (unpaired) electrons. The standard InChI is InChI=1S/C18H22N2O3.ClH/c1-12-15(20-18(21)13(2)19)8-6-10-16(12)23-11-14-7-4-5-9-17(14)22-3;/h4-10,13H,11,19H2,1-3H3,(H,20,21);1H. The summed E-state index contributed by atoms with van der Waals surface area (Å²) >= 11 is 0. The van der Waals surface area contributed by atoms with Crippen LogP contribution < -0.4 is 20.5 Å². The van der Waals surface area contributed by atoms with Gasteiger partial charge in [-0.25, -0.2) is 0 Å². The molecule has 0 aliphatic heterocycles. The van der Waals surface area contributed by atoms with E-state index in [1.54, 1.807) is 14.0 Å². The summed E-state index contributed by atoms with van der Waals surface area (Å²) < 4.78 is 11.2. The number of nitrogens with one attached hydrogen (secondary N) is 1. The minimum absolute atomic E-state index is 0. The van der Waals surface area contributed by atoms with E-state index >= 15 is 0 Å². The van der Waals surface area contributed by atoms with Crippen LogP contribution in [0.15, 0.2) is 42.5 Å². The van der Waals surface area contributed by atoms with Crippen molar-refractivity contribution in [3.8, 4) is 11.5 Å². The minimum Gasteiger partial charge on any atom is -0.496 e. The maximum atomic E-state index is 11.7. The predicted molar refractivity (Wildman–Crippen MR) is 98.0 cm³/mol. The first-order valence-corrected chi connectivity index (χ1v) is 7.43. The average molecular weight is 351 g/mol. The van der Waals surface area contributed by atoms with E-state index in [1.807, 2.05) is 49.4 Å². The Balaban J connectivity index is 0.00000288. The summed E-state index contributed by atoms with van der Waals surface area (Å²) in [5.74, 6) is 1.26. The van der Waals surface area contributed by atoms with Gasteiger partial charge in [0, 0.05) is 16.8 Å². The molecule has 1 amide bonds. The molecule has 2 aromatic carbocycles. The average Bonchev–Trinajstić information content (AvgIpc) is 2.55. The summed E-state index contributed by atoms with van der Waals surface area (Å²) in [6, 6.07) is 12.7. The second kappa shape index (κ2) is 9.15. The van der Waals surface area contributed by atoms with Crippen LogP contribution in [0.1, 0.15) is 18.1 Å². The normalized spacial score (nSPS) is 11.2. The number of carbonyl (C=O) groups excluding carboxylic acids is 1. The van der Waals surface area contributed by atoms with Crippen LogP contribution >= 0.6 is 12.4 Å². The third kappa shape index (κ3) is 4.88. The number of anilines is 1. The lowest BCUT2D eigenvalue weighted by atomic mass is 10.1. The van der Waals surface area contributed by atoms with Crippen molar-refractivity contribution in [1.82, 2.24) is 0 Å². The molecule has 0 fully saturated rings. The third-order valence-electron chi connectivity index (χ3n) is 3.53. The number of carbonyl (C=O) groups is 1. The first-order chi connectivity index (χ1) is 11.0. The molecule has 0 bridgehead atoms. The van der Waals surface area contributed by atoms with Crippen molar-refractivity contribution < 1.29 is 14.3 Å². The lowest BCUT2D eigenvalue weighted by molar-refractivity contribution is -0.117. The highest BCUT2D eigenvalue weighted by Crippen LogP contribution is 2.27. The van der Waals surface area contributed by atoms with E-state index in [1.165, 1.54) is 0 Å². The van der Waals surface area contributed by atoms with Crippen molar-refractivity contribution in [2.45, 2.75) is 26.5 Å². The van der Waals surface area contributed by atoms with Crippen LogP contribution in [0.2, 0.25) is 0 Å². The van der Waals surface area contributed by atoms with Gasteiger partial charge in [0.05, 0.1) is 13.2 Å². The monoisotopic (exact) mass is 350 g/mol. The molecule has 0 aliphatic rings. The molecule has 2 aromatic rings. The molecular formula is C18H23ClN2O3. The molecule has 0 saturated heterocycles. The van der Waals surface area contributed by atoms with Gasteiger partial charge in [0.2, 0.25) is 5.91 Å². The maximum absolute atomic E-state index is 11.7. The van der Waals surface area contributed by atoms with Crippen LogP contribution in [0.25, 0.3) is 0 Å². The fraction of sp³-hybridized carbons (Fsp3) is 0.278. The predicted octanol–water partition coefficient (Wildman–Crippen LogP) is 3.29. The molecule has 0 spiro atoms. The largest absolute Gasteiger partial charge is 0.496 e. The van der Waals surface area contributed by atoms with Crippen molar-refractivity contribution in [3.05, 3.63) is 53.6 Å². The molecular weight excluding hydrogens is 328 g/mol. The van der Waals surface area contributed by atoms with Crippen molar-refractivity contribution in [2.24, 2.45) is 5.73 Å². The van der Waals surface area contributed by atoms with Crippen LogP contribution in [0.5, 0.6) is 11.5 Å². The fourth-order valence-corrected chi connectivity index (χ4v) is 2.13. The summed E-state index contributed by atoms with van der Waals surface area (Å²) in [6.07, 6.45) is 0. The zero-order valence-electron chi connectivity index (χ0n) is 14.0. The van der Waals surface area contributed by atoms with Gasteiger partial charge in [0.1, 0.15) is 18.1 Å². The Hall–Kier alpha value is -2.24. The SMILES string of the molecule is COc1ccccc1COc1cccc(NC(=O)C(C)N)c1C.Cl. The number of halogens is 1. The molecule has 1 unspecified atom stereocenters. The van der Waals surface area contributed by atoms with E-state index in [4.69, 9.17) is 15.2 Å². The van der Waals surface area contributed by atoms with Crippen molar-refractivity contribution in [3.63, 3.8) is 0 Å². The number of nitrogens with two attached hydrogens (primary N) is 1. The Labute approximate surface area is 148 Å². The van der Waals surface area contributed by atoms with Gasteiger partial charge in [-0.05, 0) is 32.0 Å². The van der Waals surface area contributed by atoms with Gasteiger partial charge in [-0.2, -0.15) is 0 Å². The smallest absolute Gasteiger partial charge is 0.241 e. The fourth-order valence-electron chi connectivity index (χ4n) is 2.13. The summed E-state index contributed by atoms with van der Waals surface area (Å²) in [4.78, 5) is 11.7. The molecule has 1 atom stereocenters. The van der Waals surface area contributed by atoms with Gasteiger partial charge in [0.15, 0.2) is 0 Å². The second-order valence-electron chi connectivity index (χ2n) is 5.31. The Morgan fingerprint density at radius 2 is 1.83 bits per heavy atom. The van der Waals surface area contributed by atoms with E-state index in [2.05, 4.69) is 5.32 Å². The number of ether oxygens (including phenoxy) is 2. The van der Waals surface area contributed by atoms with Gasteiger partial charge >= 0.3 is 0 Å².